The molecule has 0 aliphatic rings. The second kappa shape index (κ2) is 5.60. The zero-order valence-electron chi connectivity index (χ0n) is 11.0. The van der Waals surface area contributed by atoms with Crippen LogP contribution in [0.15, 0.2) is 18.3 Å². The molecule has 0 unspecified atom stereocenters. The van der Waals surface area contributed by atoms with Crippen molar-refractivity contribution in [1.82, 2.24) is 10.2 Å². The quantitative estimate of drug-likeness (QED) is 0.725. The van der Waals surface area contributed by atoms with E-state index < -0.39 is 5.82 Å². The summed E-state index contributed by atoms with van der Waals surface area (Å²) in [6.45, 7) is 4.70. The summed E-state index contributed by atoms with van der Waals surface area (Å²) in [7, 11) is 0. The lowest BCUT2D eigenvalue weighted by Gasteiger charge is -2.12. The van der Waals surface area contributed by atoms with Crippen molar-refractivity contribution in [1.29, 1.82) is 0 Å². The Kier molecular flexibility index (Phi) is 3.89. The molecule has 1 aromatic carbocycles. The van der Waals surface area contributed by atoms with Gasteiger partial charge in [-0.1, -0.05) is 0 Å². The van der Waals surface area contributed by atoms with E-state index in [0.29, 0.717) is 24.5 Å². The van der Waals surface area contributed by atoms with Crippen LogP contribution in [0.4, 0.5) is 15.8 Å². The lowest BCUT2D eigenvalue weighted by Crippen LogP contribution is -2.05. The van der Waals surface area contributed by atoms with Crippen LogP contribution in [0.2, 0.25) is 0 Å². The second-order valence-electron chi connectivity index (χ2n) is 4.18. The molecule has 0 amide bonds. The summed E-state index contributed by atoms with van der Waals surface area (Å²) in [5, 5.41) is 9.94. The average Bonchev–Trinajstić information content (AvgIpc) is 2.77. The van der Waals surface area contributed by atoms with Gasteiger partial charge in [0, 0.05) is 29.9 Å². The van der Waals surface area contributed by atoms with Crippen molar-refractivity contribution in [2.75, 3.05) is 17.7 Å². The standard InChI is InChI=1S/C13H17FN4O/c1-3-19-13-5-12(11(15)4-10(13)14)16-6-9-7-17-18-8(9)2/h4-5,7,16H,3,6,15H2,1-2H3,(H,17,18). The third-order valence-corrected chi connectivity index (χ3v) is 2.81. The van der Waals surface area contributed by atoms with E-state index in [4.69, 9.17) is 10.5 Å². The number of hydrogen-bond acceptors (Lipinski definition) is 4. The maximum atomic E-state index is 13.5. The van der Waals surface area contributed by atoms with Crippen LogP contribution in [0, 0.1) is 12.7 Å². The summed E-state index contributed by atoms with van der Waals surface area (Å²) in [5.74, 6) is -0.257. The first-order valence-electron chi connectivity index (χ1n) is 6.06. The van der Waals surface area contributed by atoms with Gasteiger partial charge < -0.3 is 15.8 Å². The molecule has 2 rings (SSSR count). The van der Waals surface area contributed by atoms with Crippen molar-refractivity contribution in [3.63, 3.8) is 0 Å². The van der Waals surface area contributed by atoms with Gasteiger partial charge in [-0.2, -0.15) is 5.10 Å². The lowest BCUT2D eigenvalue weighted by atomic mass is 10.2. The first-order valence-corrected chi connectivity index (χ1v) is 6.06. The van der Waals surface area contributed by atoms with Crippen LogP contribution in [0.5, 0.6) is 5.75 Å². The van der Waals surface area contributed by atoms with Gasteiger partial charge in [-0.15, -0.1) is 0 Å². The van der Waals surface area contributed by atoms with E-state index in [1.807, 2.05) is 6.92 Å². The molecule has 0 aliphatic heterocycles. The van der Waals surface area contributed by atoms with E-state index >= 15 is 0 Å². The van der Waals surface area contributed by atoms with Crippen molar-refractivity contribution in [2.24, 2.45) is 0 Å². The molecule has 4 N–H and O–H groups in total. The highest BCUT2D eigenvalue weighted by atomic mass is 19.1. The van der Waals surface area contributed by atoms with Gasteiger partial charge in [0.15, 0.2) is 11.6 Å². The third kappa shape index (κ3) is 2.96. The van der Waals surface area contributed by atoms with E-state index in [1.165, 1.54) is 6.07 Å². The summed E-state index contributed by atoms with van der Waals surface area (Å²) in [6.07, 6.45) is 1.74. The van der Waals surface area contributed by atoms with Crippen LogP contribution in [0.3, 0.4) is 0 Å². The number of benzene rings is 1. The molecular weight excluding hydrogens is 247 g/mol. The minimum Gasteiger partial charge on any atom is -0.491 e. The molecular formula is C13H17FN4O. The molecule has 2 aromatic rings. The normalized spacial score (nSPS) is 10.5. The van der Waals surface area contributed by atoms with Gasteiger partial charge in [0.2, 0.25) is 0 Å². The summed E-state index contributed by atoms with van der Waals surface area (Å²) >= 11 is 0. The Morgan fingerprint density at radius 1 is 1.47 bits per heavy atom. The second-order valence-corrected chi connectivity index (χ2v) is 4.18. The zero-order valence-corrected chi connectivity index (χ0v) is 11.0. The number of nitrogens with two attached hydrogens (primary N) is 1. The van der Waals surface area contributed by atoms with Gasteiger partial charge in [0.25, 0.3) is 0 Å². The molecule has 6 heteroatoms. The van der Waals surface area contributed by atoms with E-state index in [-0.39, 0.29) is 5.75 Å². The Bertz CT molecular complexity index is 568. The number of nitrogens with one attached hydrogen (secondary N) is 2. The van der Waals surface area contributed by atoms with E-state index in [2.05, 4.69) is 15.5 Å². The predicted octanol–water partition coefficient (Wildman–Crippen LogP) is 2.45. The number of ether oxygens (including phenoxy) is 1. The molecule has 1 aromatic heterocycles. The number of anilines is 2. The van der Waals surface area contributed by atoms with Crippen LogP contribution in [-0.2, 0) is 6.54 Å². The molecule has 19 heavy (non-hydrogen) atoms. The number of aromatic amines is 1. The van der Waals surface area contributed by atoms with Gasteiger partial charge in [0.1, 0.15) is 0 Å². The lowest BCUT2D eigenvalue weighted by molar-refractivity contribution is 0.322. The van der Waals surface area contributed by atoms with E-state index in [9.17, 15) is 4.39 Å². The highest BCUT2D eigenvalue weighted by molar-refractivity contribution is 5.68. The topological polar surface area (TPSA) is 76.0 Å². The Labute approximate surface area is 111 Å². The van der Waals surface area contributed by atoms with Crippen molar-refractivity contribution < 1.29 is 9.13 Å². The van der Waals surface area contributed by atoms with Gasteiger partial charge in [-0.25, -0.2) is 4.39 Å². The minimum atomic E-state index is -0.454. The van der Waals surface area contributed by atoms with Crippen molar-refractivity contribution in [3.05, 3.63) is 35.4 Å². The SMILES string of the molecule is CCOc1cc(NCc2cn[nH]c2C)c(N)cc1F. The number of nitrogen functional groups attached to an aromatic ring is 1. The maximum absolute atomic E-state index is 13.5. The van der Waals surface area contributed by atoms with Gasteiger partial charge in [0.05, 0.1) is 24.2 Å². The fourth-order valence-corrected chi connectivity index (χ4v) is 1.73. The monoisotopic (exact) mass is 264 g/mol. The van der Waals surface area contributed by atoms with Crippen molar-refractivity contribution in [2.45, 2.75) is 20.4 Å². The van der Waals surface area contributed by atoms with Crippen molar-refractivity contribution in [3.8, 4) is 5.75 Å². The van der Waals surface area contributed by atoms with Gasteiger partial charge >= 0.3 is 0 Å². The molecule has 102 valence electrons. The largest absolute Gasteiger partial charge is 0.491 e. The molecule has 0 saturated heterocycles. The Morgan fingerprint density at radius 2 is 2.26 bits per heavy atom. The third-order valence-electron chi connectivity index (χ3n) is 2.81. The molecule has 0 fully saturated rings. The number of H-pyrrole nitrogens is 1. The smallest absolute Gasteiger partial charge is 0.167 e. The average molecular weight is 264 g/mol. The molecule has 0 radical (unpaired) electrons. The van der Waals surface area contributed by atoms with Crippen LogP contribution < -0.4 is 15.8 Å². The van der Waals surface area contributed by atoms with Crippen LogP contribution in [0.1, 0.15) is 18.2 Å². The fourth-order valence-electron chi connectivity index (χ4n) is 1.73. The molecule has 0 aliphatic carbocycles. The fraction of sp³-hybridized carbons (Fsp3) is 0.308. The highest BCUT2D eigenvalue weighted by Gasteiger charge is 2.09. The predicted molar refractivity (Wildman–Crippen MR) is 72.6 cm³/mol. The van der Waals surface area contributed by atoms with Gasteiger partial charge in [-0.3, -0.25) is 5.10 Å². The number of halogens is 1. The molecule has 5 nitrogen and oxygen atoms in total. The number of aryl methyl sites for hydroxylation is 1. The van der Waals surface area contributed by atoms with E-state index in [0.717, 1.165) is 11.3 Å². The molecule has 0 atom stereocenters. The highest BCUT2D eigenvalue weighted by Crippen LogP contribution is 2.28. The summed E-state index contributed by atoms with van der Waals surface area (Å²) in [4.78, 5) is 0. The van der Waals surface area contributed by atoms with Crippen LogP contribution in [-0.4, -0.2) is 16.8 Å². The summed E-state index contributed by atoms with van der Waals surface area (Å²) in [6, 6.07) is 2.83. The maximum Gasteiger partial charge on any atom is 0.167 e. The summed E-state index contributed by atoms with van der Waals surface area (Å²) in [5.41, 5.74) is 8.79. The first kappa shape index (κ1) is 13.2. The first-order chi connectivity index (χ1) is 9.11. The Morgan fingerprint density at radius 3 is 2.89 bits per heavy atom. The number of aromatic nitrogens is 2. The molecule has 0 spiro atoms. The Hall–Kier alpha value is -2.24. The summed E-state index contributed by atoms with van der Waals surface area (Å²) < 4.78 is 18.8. The number of hydrogen-bond donors (Lipinski definition) is 3. The van der Waals surface area contributed by atoms with Crippen molar-refractivity contribution >= 4 is 11.4 Å². The van der Waals surface area contributed by atoms with E-state index in [1.54, 1.807) is 19.2 Å². The zero-order chi connectivity index (χ0) is 13.8. The molecule has 1 heterocycles. The van der Waals surface area contributed by atoms with Gasteiger partial charge in [-0.05, 0) is 13.8 Å². The Balaban J connectivity index is 2.15. The number of rotatable bonds is 5. The van der Waals surface area contributed by atoms with Crippen LogP contribution in [0.25, 0.3) is 0 Å². The minimum absolute atomic E-state index is 0.197. The molecule has 0 bridgehead atoms. The van der Waals surface area contributed by atoms with Crippen LogP contribution >= 0.6 is 0 Å². The number of nitrogens with zero attached hydrogens (tertiary/aromatic N) is 1. The molecule has 0 saturated carbocycles.